The fourth-order valence-corrected chi connectivity index (χ4v) is 1.76. The Hall–Kier alpha value is -0.200. The van der Waals surface area contributed by atoms with Crippen molar-refractivity contribution in [2.24, 2.45) is 0 Å². The summed E-state index contributed by atoms with van der Waals surface area (Å²) in [5, 5.41) is 12.6. The van der Waals surface area contributed by atoms with Crippen LogP contribution in [0.5, 0.6) is 0 Å². The molecule has 0 aromatic rings. The number of rotatable bonds is 6. The molecule has 13 heavy (non-hydrogen) atoms. The molecule has 1 atom stereocenters. The molecule has 3 heteroatoms. The van der Waals surface area contributed by atoms with Crippen molar-refractivity contribution < 1.29 is 0 Å². The molecular weight excluding hydrogens is 180 g/mol. The number of thioether (sulfide) groups is 1. The highest BCUT2D eigenvalue weighted by molar-refractivity contribution is 7.99. The molecule has 0 spiro atoms. The van der Waals surface area contributed by atoms with Crippen LogP contribution in [0.4, 0.5) is 0 Å². The summed E-state index contributed by atoms with van der Waals surface area (Å²) in [6.07, 6.45) is 2.04. The molecule has 0 rings (SSSR count). The van der Waals surface area contributed by atoms with Crippen LogP contribution in [0.2, 0.25) is 0 Å². The van der Waals surface area contributed by atoms with Crippen molar-refractivity contribution in [1.29, 1.82) is 5.26 Å². The van der Waals surface area contributed by atoms with E-state index in [2.05, 4.69) is 25.2 Å². The van der Waals surface area contributed by atoms with Gasteiger partial charge in [-0.3, -0.25) is 0 Å². The van der Waals surface area contributed by atoms with E-state index >= 15 is 0 Å². The van der Waals surface area contributed by atoms with Gasteiger partial charge in [-0.1, -0.05) is 13.8 Å². The van der Waals surface area contributed by atoms with Gasteiger partial charge in [0.05, 0.1) is 6.07 Å². The Kier molecular flexibility index (Phi) is 6.19. The quantitative estimate of drug-likeness (QED) is 0.669. The molecule has 2 nitrogen and oxygen atoms in total. The maximum absolute atomic E-state index is 8.87. The van der Waals surface area contributed by atoms with Crippen molar-refractivity contribution in [1.82, 2.24) is 5.32 Å². The molecule has 0 radical (unpaired) electrons. The van der Waals surface area contributed by atoms with Gasteiger partial charge in [0.2, 0.25) is 0 Å². The SMILES string of the molecule is CNC(C)(C#N)CCCSC(C)C. The molecule has 0 saturated carbocycles. The minimum Gasteiger partial charge on any atom is -0.303 e. The molecule has 1 unspecified atom stereocenters. The van der Waals surface area contributed by atoms with Crippen LogP contribution < -0.4 is 5.32 Å². The maximum Gasteiger partial charge on any atom is 0.103 e. The molecular formula is C10H20N2S. The number of hydrogen-bond donors (Lipinski definition) is 1. The Labute approximate surface area is 86.1 Å². The summed E-state index contributed by atoms with van der Waals surface area (Å²) in [4.78, 5) is 0. The van der Waals surface area contributed by atoms with E-state index in [9.17, 15) is 0 Å². The van der Waals surface area contributed by atoms with E-state index < -0.39 is 0 Å². The predicted octanol–water partition coefficient (Wildman–Crippen LogP) is 2.41. The monoisotopic (exact) mass is 200 g/mol. The lowest BCUT2D eigenvalue weighted by Crippen LogP contribution is -2.37. The summed E-state index contributed by atoms with van der Waals surface area (Å²) in [5.41, 5.74) is -0.336. The van der Waals surface area contributed by atoms with E-state index in [4.69, 9.17) is 5.26 Å². The molecule has 0 bridgehead atoms. The molecule has 0 aliphatic carbocycles. The van der Waals surface area contributed by atoms with Gasteiger partial charge in [-0.15, -0.1) is 0 Å². The Morgan fingerprint density at radius 3 is 2.54 bits per heavy atom. The summed E-state index contributed by atoms with van der Waals surface area (Å²) >= 11 is 1.96. The Balaban J connectivity index is 3.58. The minimum absolute atomic E-state index is 0.336. The molecule has 0 aromatic carbocycles. The van der Waals surface area contributed by atoms with Gasteiger partial charge in [0.15, 0.2) is 0 Å². The van der Waals surface area contributed by atoms with E-state index in [1.807, 2.05) is 25.7 Å². The van der Waals surface area contributed by atoms with Gasteiger partial charge in [0, 0.05) is 0 Å². The summed E-state index contributed by atoms with van der Waals surface area (Å²) in [6, 6.07) is 2.30. The van der Waals surface area contributed by atoms with Gasteiger partial charge in [-0.25, -0.2) is 0 Å². The molecule has 0 fully saturated rings. The Morgan fingerprint density at radius 2 is 2.15 bits per heavy atom. The molecule has 0 amide bonds. The summed E-state index contributed by atoms with van der Waals surface area (Å²) < 4.78 is 0. The lowest BCUT2D eigenvalue weighted by atomic mass is 9.99. The highest BCUT2D eigenvalue weighted by atomic mass is 32.2. The lowest BCUT2D eigenvalue weighted by Gasteiger charge is -2.20. The first-order chi connectivity index (χ1) is 6.04. The fraction of sp³-hybridized carbons (Fsp3) is 0.900. The van der Waals surface area contributed by atoms with Crippen LogP contribution in [0, 0.1) is 11.3 Å². The normalized spacial score (nSPS) is 15.4. The van der Waals surface area contributed by atoms with Crippen LogP contribution in [-0.2, 0) is 0 Å². The zero-order chi connectivity index (χ0) is 10.3. The van der Waals surface area contributed by atoms with Crippen molar-refractivity contribution in [3.63, 3.8) is 0 Å². The second kappa shape index (κ2) is 6.28. The van der Waals surface area contributed by atoms with Crippen LogP contribution in [0.25, 0.3) is 0 Å². The molecule has 0 saturated heterocycles. The van der Waals surface area contributed by atoms with Gasteiger partial charge < -0.3 is 5.32 Å². The summed E-state index contributed by atoms with van der Waals surface area (Å²) in [7, 11) is 1.85. The van der Waals surface area contributed by atoms with Crippen LogP contribution in [0.15, 0.2) is 0 Å². The molecule has 0 aliphatic rings. The number of nitrogens with one attached hydrogen (secondary N) is 1. The molecule has 0 heterocycles. The predicted molar refractivity (Wildman–Crippen MR) is 59.9 cm³/mol. The van der Waals surface area contributed by atoms with E-state index in [1.54, 1.807) is 0 Å². The van der Waals surface area contributed by atoms with Crippen molar-refractivity contribution in [2.45, 2.75) is 44.4 Å². The lowest BCUT2D eigenvalue weighted by molar-refractivity contribution is 0.451. The van der Waals surface area contributed by atoms with Gasteiger partial charge in [-0.2, -0.15) is 17.0 Å². The van der Waals surface area contributed by atoms with Gasteiger partial charge in [-0.05, 0) is 37.8 Å². The Bertz CT molecular complexity index is 174. The standard InChI is InChI=1S/C10H20N2S/c1-9(2)13-7-5-6-10(3,8-11)12-4/h9,12H,5-7H2,1-4H3. The molecule has 76 valence electrons. The van der Waals surface area contributed by atoms with E-state index in [-0.39, 0.29) is 5.54 Å². The molecule has 1 N–H and O–H groups in total. The maximum atomic E-state index is 8.87. The molecule has 0 aromatic heterocycles. The first-order valence-corrected chi connectivity index (χ1v) is 5.80. The number of hydrogen-bond acceptors (Lipinski definition) is 3. The zero-order valence-corrected chi connectivity index (χ0v) is 9.87. The largest absolute Gasteiger partial charge is 0.303 e. The number of nitrogens with zero attached hydrogens (tertiary/aromatic N) is 1. The fourth-order valence-electron chi connectivity index (χ4n) is 0.982. The van der Waals surface area contributed by atoms with Crippen LogP contribution in [0.1, 0.15) is 33.6 Å². The van der Waals surface area contributed by atoms with Crippen molar-refractivity contribution in [3.05, 3.63) is 0 Å². The third-order valence-corrected chi connectivity index (χ3v) is 3.26. The highest BCUT2D eigenvalue weighted by Crippen LogP contribution is 2.16. The Morgan fingerprint density at radius 1 is 1.54 bits per heavy atom. The third kappa shape index (κ3) is 5.95. The van der Waals surface area contributed by atoms with Gasteiger partial charge >= 0.3 is 0 Å². The van der Waals surface area contributed by atoms with Crippen LogP contribution in [-0.4, -0.2) is 23.6 Å². The van der Waals surface area contributed by atoms with E-state index in [0.717, 1.165) is 18.6 Å². The van der Waals surface area contributed by atoms with E-state index in [0.29, 0.717) is 5.25 Å². The smallest absolute Gasteiger partial charge is 0.103 e. The number of nitriles is 1. The summed E-state index contributed by atoms with van der Waals surface area (Å²) in [5.74, 6) is 1.15. The second-order valence-electron chi connectivity index (χ2n) is 3.72. The first kappa shape index (κ1) is 12.8. The van der Waals surface area contributed by atoms with Gasteiger partial charge in [0.1, 0.15) is 5.54 Å². The van der Waals surface area contributed by atoms with Crippen LogP contribution >= 0.6 is 11.8 Å². The minimum atomic E-state index is -0.336. The summed E-state index contributed by atoms with van der Waals surface area (Å²) in [6.45, 7) is 6.35. The third-order valence-electron chi connectivity index (χ3n) is 2.07. The van der Waals surface area contributed by atoms with Gasteiger partial charge in [0.25, 0.3) is 0 Å². The van der Waals surface area contributed by atoms with Crippen molar-refractivity contribution in [2.75, 3.05) is 12.8 Å². The van der Waals surface area contributed by atoms with E-state index in [1.165, 1.54) is 0 Å². The zero-order valence-electron chi connectivity index (χ0n) is 9.05. The van der Waals surface area contributed by atoms with Crippen LogP contribution in [0.3, 0.4) is 0 Å². The van der Waals surface area contributed by atoms with Crippen molar-refractivity contribution in [3.8, 4) is 6.07 Å². The molecule has 0 aliphatic heterocycles. The highest BCUT2D eigenvalue weighted by Gasteiger charge is 2.19. The van der Waals surface area contributed by atoms with Crippen molar-refractivity contribution >= 4 is 11.8 Å². The second-order valence-corrected chi connectivity index (χ2v) is 5.40. The first-order valence-electron chi connectivity index (χ1n) is 4.76. The topological polar surface area (TPSA) is 35.8 Å². The average Bonchev–Trinajstić information content (AvgIpc) is 2.12. The average molecular weight is 200 g/mol.